The molecular formula is C19H23N5OS3. The molecule has 0 aliphatic heterocycles. The fraction of sp³-hybridized carbons (Fsp3) is 0.474. The van der Waals surface area contributed by atoms with Crippen molar-refractivity contribution in [3.8, 4) is 9.88 Å². The van der Waals surface area contributed by atoms with Gasteiger partial charge in [0.25, 0.3) is 5.91 Å². The summed E-state index contributed by atoms with van der Waals surface area (Å²) in [6.07, 6.45) is 10.4. The maximum Gasteiger partial charge on any atom is 0.263 e. The fourth-order valence-electron chi connectivity index (χ4n) is 3.58. The van der Waals surface area contributed by atoms with Crippen molar-refractivity contribution in [2.75, 3.05) is 12.8 Å². The molecule has 0 aromatic carbocycles. The van der Waals surface area contributed by atoms with Gasteiger partial charge in [0.2, 0.25) is 0 Å². The Morgan fingerprint density at radius 3 is 2.96 bits per heavy atom. The Balaban J connectivity index is 1.30. The van der Waals surface area contributed by atoms with Crippen LogP contribution in [0.5, 0.6) is 0 Å². The molecule has 28 heavy (non-hydrogen) atoms. The predicted octanol–water partition coefficient (Wildman–Crippen LogP) is 4.66. The molecule has 0 unspecified atom stereocenters. The molecule has 3 aromatic heterocycles. The Hall–Kier alpha value is -1.71. The lowest BCUT2D eigenvalue weighted by molar-refractivity contribution is 0.0957. The van der Waals surface area contributed by atoms with Crippen molar-refractivity contribution in [1.82, 2.24) is 25.1 Å². The van der Waals surface area contributed by atoms with Crippen LogP contribution in [0.4, 0.5) is 0 Å². The molecule has 0 saturated heterocycles. The van der Waals surface area contributed by atoms with Crippen molar-refractivity contribution in [1.29, 1.82) is 0 Å². The van der Waals surface area contributed by atoms with E-state index in [1.54, 1.807) is 29.3 Å². The van der Waals surface area contributed by atoms with Gasteiger partial charge in [-0.15, -0.1) is 32.9 Å². The maximum atomic E-state index is 12.4. The van der Waals surface area contributed by atoms with Gasteiger partial charge in [-0.05, 0) is 37.0 Å². The van der Waals surface area contributed by atoms with Crippen LogP contribution in [0.2, 0.25) is 0 Å². The number of aryl methyl sites for hydroxylation is 1. The minimum Gasteiger partial charge on any atom is -0.351 e. The SMILES string of the molecule is CSc1nnc(CCCNC(=O)c2cnc(-c3cccs3)s2)n1C1CCCC1. The third kappa shape index (κ3) is 4.31. The summed E-state index contributed by atoms with van der Waals surface area (Å²) < 4.78 is 2.33. The zero-order chi connectivity index (χ0) is 19.3. The molecular weight excluding hydrogens is 410 g/mol. The van der Waals surface area contributed by atoms with E-state index < -0.39 is 0 Å². The Morgan fingerprint density at radius 1 is 1.36 bits per heavy atom. The molecule has 4 rings (SSSR count). The molecule has 0 bridgehead atoms. The maximum absolute atomic E-state index is 12.4. The van der Waals surface area contributed by atoms with Gasteiger partial charge in [-0.2, -0.15) is 0 Å². The number of rotatable bonds is 8. The Kier molecular flexibility index (Phi) is 6.43. The molecule has 1 N–H and O–H groups in total. The van der Waals surface area contributed by atoms with Crippen molar-refractivity contribution < 1.29 is 4.79 Å². The second-order valence-electron chi connectivity index (χ2n) is 6.78. The highest BCUT2D eigenvalue weighted by Gasteiger charge is 2.23. The van der Waals surface area contributed by atoms with Crippen molar-refractivity contribution in [2.24, 2.45) is 0 Å². The molecule has 3 heterocycles. The third-order valence-electron chi connectivity index (χ3n) is 4.93. The Morgan fingerprint density at radius 2 is 2.21 bits per heavy atom. The van der Waals surface area contributed by atoms with Gasteiger partial charge in [0.05, 0.1) is 11.1 Å². The van der Waals surface area contributed by atoms with Gasteiger partial charge >= 0.3 is 0 Å². The van der Waals surface area contributed by atoms with Gasteiger partial charge < -0.3 is 9.88 Å². The molecule has 1 amide bonds. The lowest BCUT2D eigenvalue weighted by atomic mass is 10.2. The predicted molar refractivity (Wildman–Crippen MR) is 115 cm³/mol. The lowest BCUT2D eigenvalue weighted by Gasteiger charge is -2.16. The van der Waals surface area contributed by atoms with Gasteiger partial charge in [-0.25, -0.2) is 4.98 Å². The minimum atomic E-state index is -0.0534. The first-order valence-electron chi connectivity index (χ1n) is 9.52. The highest BCUT2D eigenvalue weighted by Crippen LogP contribution is 2.33. The largest absolute Gasteiger partial charge is 0.351 e. The van der Waals surface area contributed by atoms with E-state index in [4.69, 9.17) is 0 Å². The molecule has 1 saturated carbocycles. The van der Waals surface area contributed by atoms with E-state index in [0.717, 1.165) is 33.7 Å². The first kappa shape index (κ1) is 19.6. The van der Waals surface area contributed by atoms with E-state index in [2.05, 4.69) is 31.3 Å². The molecule has 3 aromatic rings. The van der Waals surface area contributed by atoms with Crippen LogP contribution in [-0.2, 0) is 6.42 Å². The fourth-order valence-corrected chi connectivity index (χ4v) is 5.79. The van der Waals surface area contributed by atoms with Crippen molar-refractivity contribution in [3.05, 3.63) is 34.4 Å². The van der Waals surface area contributed by atoms with Crippen LogP contribution < -0.4 is 5.32 Å². The van der Waals surface area contributed by atoms with Crippen LogP contribution in [0.15, 0.2) is 28.9 Å². The summed E-state index contributed by atoms with van der Waals surface area (Å²) in [5.41, 5.74) is 0. The molecule has 1 aliphatic carbocycles. The number of nitrogens with zero attached hydrogens (tertiary/aromatic N) is 4. The number of thiophene rings is 1. The molecule has 0 spiro atoms. The van der Waals surface area contributed by atoms with E-state index >= 15 is 0 Å². The van der Waals surface area contributed by atoms with Crippen LogP contribution >= 0.6 is 34.4 Å². The van der Waals surface area contributed by atoms with Gasteiger partial charge in [-0.3, -0.25) is 4.79 Å². The lowest BCUT2D eigenvalue weighted by Crippen LogP contribution is -2.24. The van der Waals surface area contributed by atoms with Crippen LogP contribution in [0.3, 0.4) is 0 Å². The smallest absolute Gasteiger partial charge is 0.263 e. The van der Waals surface area contributed by atoms with Gasteiger partial charge in [0.1, 0.15) is 15.7 Å². The number of nitrogens with one attached hydrogen (secondary N) is 1. The van der Waals surface area contributed by atoms with Crippen molar-refractivity contribution in [3.63, 3.8) is 0 Å². The van der Waals surface area contributed by atoms with E-state index in [0.29, 0.717) is 17.5 Å². The summed E-state index contributed by atoms with van der Waals surface area (Å²) >= 11 is 4.73. The number of aromatic nitrogens is 4. The van der Waals surface area contributed by atoms with Gasteiger partial charge in [0, 0.05) is 19.0 Å². The average molecular weight is 434 g/mol. The number of thiazole rings is 1. The summed E-state index contributed by atoms with van der Waals surface area (Å²) in [7, 11) is 0. The molecule has 0 atom stereocenters. The van der Waals surface area contributed by atoms with Gasteiger partial charge in [0.15, 0.2) is 5.16 Å². The monoisotopic (exact) mass is 433 g/mol. The molecule has 1 aliphatic rings. The minimum absolute atomic E-state index is 0.0534. The number of thioether (sulfide) groups is 1. The summed E-state index contributed by atoms with van der Waals surface area (Å²) in [4.78, 5) is 18.5. The zero-order valence-electron chi connectivity index (χ0n) is 15.8. The standard InChI is InChI=1S/C19H23N5OS3/c1-26-19-23-22-16(24(19)13-6-2-3-7-13)9-4-10-20-17(25)15-12-21-18(28-15)14-8-5-11-27-14/h5,8,11-13H,2-4,6-7,9-10H2,1H3,(H,20,25). The summed E-state index contributed by atoms with van der Waals surface area (Å²) in [5.74, 6) is 0.991. The van der Waals surface area contributed by atoms with Crippen molar-refractivity contribution >= 4 is 40.3 Å². The van der Waals surface area contributed by atoms with Crippen LogP contribution in [0, 0.1) is 0 Å². The molecule has 1 fully saturated rings. The normalized spacial score (nSPS) is 14.6. The number of carbonyl (C=O) groups is 1. The number of hydrogen-bond donors (Lipinski definition) is 1. The second kappa shape index (κ2) is 9.19. The first-order chi connectivity index (χ1) is 13.8. The van der Waals surface area contributed by atoms with E-state index in [1.807, 2.05) is 17.5 Å². The number of amides is 1. The second-order valence-corrected chi connectivity index (χ2v) is 9.53. The first-order valence-corrected chi connectivity index (χ1v) is 12.4. The quantitative estimate of drug-likeness (QED) is 0.413. The highest BCUT2D eigenvalue weighted by molar-refractivity contribution is 7.98. The van der Waals surface area contributed by atoms with E-state index in [1.165, 1.54) is 37.0 Å². The van der Waals surface area contributed by atoms with Crippen LogP contribution in [0.25, 0.3) is 9.88 Å². The molecule has 6 nitrogen and oxygen atoms in total. The molecule has 148 valence electrons. The zero-order valence-corrected chi connectivity index (χ0v) is 18.2. The summed E-state index contributed by atoms with van der Waals surface area (Å²) in [6.45, 7) is 0.622. The summed E-state index contributed by atoms with van der Waals surface area (Å²) in [6, 6.07) is 4.55. The Bertz CT molecular complexity index is 912. The van der Waals surface area contributed by atoms with Crippen LogP contribution in [0.1, 0.15) is 53.6 Å². The Labute approximate surface area is 176 Å². The number of carbonyl (C=O) groups excluding carboxylic acids is 1. The third-order valence-corrected chi connectivity index (χ3v) is 7.61. The molecule has 9 heteroatoms. The highest BCUT2D eigenvalue weighted by atomic mass is 32.2. The number of hydrogen-bond acceptors (Lipinski definition) is 7. The summed E-state index contributed by atoms with van der Waals surface area (Å²) in [5, 5.41) is 15.7. The van der Waals surface area contributed by atoms with Crippen molar-refractivity contribution in [2.45, 2.75) is 49.7 Å². The molecule has 0 radical (unpaired) electrons. The topological polar surface area (TPSA) is 72.7 Å². The van der Waals surface area contributed by atoms with E-state index in [-0.39, 0.29) is 5.91 Å². The van der Waals surface area contributed by atoms with Gasteiger partial charge in [-0.1, -0.05) is 30.7 Å². The average Bonchev–Trinajstić information content (AvgIpc) is 3.49. The van der Waals surface area contributed by atoms with E-state index in [9.17, 15) is 4.79 Å². The van der Waals surface area contributed by atoms with Crippen LogP contribution in [-0.4, -0.2) is 38.5 Å².